The van der Waals surface area contributed by atoms with Crippen LogP contribution >= 0.6 is 15.6 Å². The van der Waals surface area contributed by atoms with Gasteiger partial charge < -0.3 is 33.8 Å². The number of phosphoric ester groups is 2. The third-order valence-electron chi connectivity index (χ3n) is 13.6. The van der Waals surface area contributed by atoms with Crippen LogP contribution in [0.4, 0.5) is 0 Å². The first kappa shape index (κ1) is 76.1. The zero-order chi connectivity index (χ0) is 57.6. The molecule has 0 fully saturated rings. The van der Waals surface area contributed by atoms with Crippen LogP contribution in [0.1, 0.15) is 297 Å². The molecular formula is C59H114O17P2. The van der Waals surface area contributed by atoms with Gasteiger partial charge in [-0.05, 0) is 25.7 Å². The van der Waals surface area contributed by atoms with E-state index in [1.807, 2.05) is 0 Å². The predicted octanol–water partition coefficient (Wildman–Crippen LogP) is 16.0. The molecule has 5 atom stereocenters. The van der Waals surface area contributed by atoms with Gasteiger partial charge in [-0.15, -0.1) is 0 Å². The van der Waals surface area contributed by atoms with E-state index in [1.54, 1.807) is 0 Å². The molecular weight excluding hydrogens is 1040 g/mol. The average molecular weight is 1160 g/mol. The summed E-state index contributed by atoms with van der Waals surface area (Å²) in [5.41, 5.74) is 0. The molecule has 0 saturated heterocycles. The number of unbranched alkanes of at least 4 members (excludes halogenated alkanes) is 34. The minimum atomic E-state index is -4.94. The minimum Gasteiger partial charge on any atom is -0.462 e. The number of carbonyl (C=O) groups is 4. The summed E-state index contributed by atoms with van der Waals surface area (Å²) in [6.45, 7) is 4.80. The molecule has 0 aromatic heterocycles. The van der Waals surface area contributed by atoms with Gasteiger partial charge in [0.2, 0.25) is 0 Å². The van der Waals surface area contributed by atoms with Crippen molar-refractivity contribution in [2.75, 3.05) is 39.6 Å². The first-order valence-electron chi connectivity index (χ1n) is 31.3. The van der Waals surface area contributed by atoms with E-state index in [0.29, 0.717) is 25.7 Å². The van der Waals surface area contributed by atoms with Crippen LogP contribution < -0.4 is 0 Å². The molecule has 17 nitrogen and oxygen atoms in total. The molecule has 0 bridgehead atoms. The van der Waals surface area contributed by atoms with E-state index < -0.39 is 97.5 Å². The smallest absolute Gasteiger partial charge is 0.462 e. The van der Waals surface area contributed by atoms with Gasteiger partial charge in [0.25, 0.3) is 0 Å². The summed E-state index contributed by atoms with van der Waals surface area (Å²) >= 11 is 0. The monoisotopic (exact) mass is 1160 g/mol. The van der Waals surface area contributed by atoms with Gasteiger partial charge >= 0.3 is 39.5 Å². The van der Waals surface area contributed by atoms with Crippen LogP contribution in [0, 0.1) is 0 Å². The highest BCUT2D eigenvalue weighted by molar-refractivity contribution is 7.47. The highest BCUT2D eigenvalue weighted by atomic mass is 31.2. The van der Waals surface area contributed by atoms with E-state index in [2.05, 4.69) is 27.7 Å². The molecule has 0 radical (unpaired) electrons. The van der Waals surface area contributed by atoms with Crippen molar-refractivity contribution in [3.63, 3.8) is 0 Å². The van der Waals surface area contributed by atoms with E-state index in [9.17, 15) is 43.2 Å². The quantitative estimate of drug-likeness (QED) is 0.0222. The molecule has 462 valence electrons. The number of rotatable bonds is 60. The number of ether oxygens (including phenoxy) is 4. The topological polar surface area (TPSA) is 237 Å². The molecule has 0 aromatic rings. The van der Waals surface area contributed by atoms with Gasteiger partial charge in [0.05, 0.1) is 26.4 Å². The maximum atomic E-state index is 12.9. The molecule has 19 heteroatoms. The van der Waals surface area contributed by atoms with Crippen molar-refractivity contribution >= 4 is 39.5 Å². The summed E-state index contributed by atoms with van der Waals surface area (Å²) in [6, 6.07) is 0. The number of carbonyl (C=O) groups excluding carboxylic acids is 4. The lowest BCUT2D eigenvalue weighted by molar-refractivity contribution is -0.161. The molecule has 3 N–H and O–H groups in total. The second-order valence-corrected chi connectivity index (χ2v) is 24.3. The summed E-state index contributed by atoms with van der Waals surface area (Å²) < 4.78 is 67.7. The molecule has 0 aromatic carbocycles. The lowest BCUT2D eigenvalue weighted by atomic mass is 10.1. The Bertz CT molecular complexity index is 1520. The standard InChI is InChI=1S/C59H114O17P2/c1-5-9-13-17-21-25-27-30-34-38-42-46-59(64)76-55(50-70-57(62)44-40-36-32-29-26-22-18-14-10-6-2)52-74-78(67,68)72-48-53(60)47-71-77(65,66)73-51-54(49-69-56(61)43-39-35-31-24-20-16-12-8-4)75-58(63)45-41-37-33-28-23-19-15-11-7-3/h53-55,60H,5-52H2,1-4H3,(H,65,66)(H,67,68)/t53-,54+,55+/m0/s1. The van der Waals surface area contributed by atoms with Gasteiger partial charge in [0.1, 0.15) is 19.3 Å². The second-order valence-electron chi connectivity index (χ2n) is 21.4. The maximum absolute atomic E-state index is 12.9. The third kappa shape index (κ3) is 53.4. The van der Waals surface area contributed by atoms with Crippen LogP contribution in [0.15, 0.2) is 0 Å². The second kappa shape index (κ2) is 54.3. The normalized spacial score (nSPS) is 14.3. The summed E-state index contributed by atoms with van der Waals surface area (Å²) in [4.78, 5) is 71.8. The molecule has 0 rings (SSSR count). The van der Waals surface area contributed by atoms with Crippen molar-refractivity contribution in [1.29, 1.82) is 0 Å². The number of hydrogen-bond acceptors (Lipinski definition) is 15. The predicted molar refractivity (Wildman–Crippen MR) is 308 cm³/mol. The van der Waals surface area contributed by atoms with E-state index in [4.69, 9.17) is 37.0 Å². The van der Waals surface area contributed by atoms with Crippen molar-refractivity contribution in [3.8, 4) is 0 Å². The summed E-state index contributed by atoms with van der Waals surface area (Å²) in [5.74, 6) is -2.14. The Morgan fingerprint density at radius 1 is 0.308 bits per heavy atom. The number of phosphoric acid groups is 2. The minimum absolute atomic E-state index is 0.106. The van der Waals surface area contributed by atoms with Crippen LogP contribution in [-0.4, -0.2) is 96.7 Å². The van der Waals surface area contributed by atoms with E-state index in [-0.39, 0.29) is 25.7 Å². The Morgan fingerprint density at radius 3 is 0.756 bits per heavy atom. The van der Waals surface area contributed by atoms with Gasteiger partial charge in [0.15, 0.2) is 12.2 Å². The average Bonchev–Trinajstić information content (AvgIpc) is 3.41. The fourth-order valence-corrected chi connectivity index (χ4v) is 10.3. The highest BCUT2D eigenvalue weighted by Gasteiger charge is 2.30. The summed E-state index contributed by atoms with van der Waals surface area (Å²) in [5, 5.41) is 10.5. The Morgan fingerprint density at radius 2 is 0.513 bits per heavy atom. The van der Waals surface area contributed by atoms with Crippen molar-refractivity contribution < 1.29 is 80.2 Å². The van der Waals surface area contributed by atoms with E-state index in [0.717, 1.165) is 96.3 Å². The fourth-order valence-electron chi connectivity index (χ4n) is 8.75. The summed E-state index contributed by atoms with van der Waals surface area (Å²) in [6.07, 6.45) is 37.5. The number of esters is 4. The number of hydrogen-bond donors (Lipinski definition) is 3. The van der Waals surface area contributed by atoms with E-state index >= 15 is 0 Å². The Kier molecular flexibility index (Phi) is 53.0. The fraction of sp³-hybridized carbons (Fsp3) is 0.932. The first-order valence-corrected chi connectivity index (χ1v) is 34.3. The molecule has 2 unspecified atom stereocenters. The van der Waals surface area contributed by atoms with Crippen LogP contribution in [0.5, 0.6) is 0 Å². The third-order valence-corrected chi connectivity index (χ3v) is 15.5. The largest absolute Gasteiger partial charge is 0.472 e. The zero-order valence-corrected chi connectivity index (χ0v) is 51.4. The highest BCUT2D eigenvalue weighted by Crippen LogP contribution is 2.45. The van der Waals surface area contributed by atoms with Gasteiger partial charge in [-0.3, -0.25) is 37.3 Å². The van der Waals surface area contributed by atoms with E-state index in [1.165, 1.54) is 122 Å². The van der Waals surface area contributed by atoms with Crippen molar-refractivity contribution in [2.24, 2.45) is 0 Å². The Balaban J connectivity index is 5.21. The van der Waals surface area contributed by atoms with Crippen LogP contribution in [0.2, 0.25) is 0 Å². The number of aliphatic hydroxyl groups is 1. The van der Waals surface area contributed by atoms with Gasteiger partial charge in [0, 0.05) is 25.7 Å². The first-order chi connectivity index (χ1) is 37.7. The molecule has 0 aliphatic carbocycles. The van der Waals surface area contributed by atoms with Crippen molar-refractivity contribution in [1.82, 2.24) is 0 Å². The lowest BCUT2D eigenvalue weighted by Crippen LogP contribution is -2.30. The molecule has 0 saturated carbocycles. The molecule has 78 heavy (non-hydrogen) atoms. The van der Waals surface area contributed by atoms with Crippen LogP contribution in [0.3, 0.4) is 0 Å². The molecule has 0 aliphatic heterocycles. The van der Waals surface area contributed by atoms with Crippen molar-refractivity contribution in [2.45, 2.75) is 316 Å². The summed E-state index contributed by atoms with van der Waals surface area (Å²) in [7, 11) is -9.87. The van der Waals surface area contributed by atoms with Crippen molar-refractivity contribution in [3.05, 3.63) is 0 Å². The molecule has 0 amide bonds. The Hall–Kier alpha value is -1.94. The molecule has 0 heterocycles. The van der Waals surface area contributed by atoms with Crippen LogP contribution in [0.25, 0.3) is 0 Å². The van der Waals surface area contributed by atoms with Gasteiger partial charge in [-0.25, -0.2) is 9.13 Å². The number of aliphatic hydroxyl groups excluding tert-OH is 1. The SMILES string of the molecule is CCCCCCCCCCCCCC(=O)O[C@H](COC(=O)CCCCCCCCCCCC)COP(=O)(O)OC[C@@H](O)COP(=O)(O)OC[C@@H](COC(=O)CCCCCCCCCC)OC(=O)CCCCCCCCCCC. The van der Waals surface area contributed by atoms with Crippen LogP contribution in [-0.2, 0) is 65.4 Å². The van der Waals surface area contributed by atoms with Gasteiger partial charge in [-0.2, -0.15) is 0 Å². The molecule has 0 spiro atoms. The molecule has 0 aliphatic rings. The lowest BCUT2D eigenvalue weighted by Gasteiger charge is -2.21. The Labute approximate surface area is 473 Å². The zero-order valence-electron chi connectivity index (χ0n) is 49.6. The van der Waals surface area contributed by atoms with Gasteiger partial charge in [-0.1, -0.05) is 246 Å². The maximum Gasteiger partial charge on any atom is 0.472 e.